The van der Waals surface area contributed by atoms with Gasteiger partial charge in [-0.3, -0.25) is 0 Å². The fraction of sp³-hybridized carbons (Fsp3) is 0.438. The Morgan fingerprint density at radius 3 is 1.03 bits per heavy atom. The number of rotatable bonds is 16. The van der Waals surface area contributed by atoms with Crippen LogP contribution in [0.5, 0.6) is 0 Å². The summed E-state index contributed by atoms with van der Waals surface area (Å²) in [5, 5.41) is 0. The highest BCUT2D eigenvalue weighted by molar-refractivity contribution is 14.0. The molecule has 0 aromatic heterocycles. The van der Waals surface area contributed by atoms with Gasteiger partial charge in [-0.2, -0.15) is 0 Å². The second-order valence-electron chi connectivity index (χ2n) is 9.43. The molecule has 0 atom stereocenters. The first-order valence-electron chi connectivity index (χ1n) is 13.2. The first-order chi connectivity index (χ1) is 16.4. The number of hydrogen-bond acceptors (Lipinski definition) is 1. The summed E-state index contributed by atoms with van der Waals surface area (Å²) in [5.41, 5.74) is 9.68. The molecule has 3 aromatic rings. The van der Waals surface area contributed by atoms with Gasteiger partial charge in [0.25, 0.3) is 0 Å². The molecule has 0 radical (unpaired) electrons. The molecule has 34 heavy (non-hydrogen) atoms. The average molecular weight is 570 g/mol. The van der Waals surface area contributed by atoms with Gasteiger partial charge in [0.15, 0.2) is 0 Å². The van der Waals surface area contributed by atoms with Crippen molar-refractivity contribution in [2.45, 2.75) is 82.5 Å². The summed E-state index contributed by atoms with van der Waals surface area (Å²) < 4.78 is 0. The standard InChI is InChI=1S/C32H43N.HI/c33-28-20-9-7-5-3-1-2-4-6-8-19-27-32(29-21-13-10-14-22-29,30-23-15-11-16-24-30)31-25-17-12-18-26-31;/h10-18,21-26H,1-9,19-20,27-28,33H2;1H. The third-order valence-corrected chi connectivity index (χ3v) is 7.06. The van der Waals surface area contributed by atoms with E-state index in [9.17, 15) is 0 Å². The van der Waals surface area contributed by atoms with Crippen molar-refractivity contribution < 1.29 is 0 Å². The van der Waals surface area contributed by atoms with Crippen molar-refractivity contribution >= 4 is 24.0 Å². The molecule has 184 valence electrons. The minimum Gasteiger partial charge on any atom is -0.330 e. The van der Waals surface area contributed by atoms with Crippen LogP contribution in [0.25, 0.3) is 0 Å². The molecule has 0 heterocycles. The number of unbranched alkanes of at least 4 members (excludes halogenated alkanes) is 10. The Labute approximate surface area is 225 Å². The molecule has 0 spiro atoms. The zero-order valence-electron chi connectivity index (χ0n) is 20.8. The molecular formula is C32H44IN. The van der Waals surface area contributed by atoms with Crippen molar-refractivity contribution in [3.05, 3.63) is 108 Å². The predicted octanol–water partition coefficient (Wildman–Crippen LogP) is 9.28. The Bertz CT molecular complexity index is 767. The smallest absolute Gasteiger partial charge is 0.0451 e. The lowest BCUT2D eigenvalue weighted by atomic mass is 9.66. The fourth-order valence-corrected chi connectivity index (χ4v) is 5.23. The van der Waals surface area contributed by atoms with Crippen LogP contribution in [0.4, 0.5) is 0 Å². The lowest BCUT2D eigenvalue weighted by molar-refractivity contribution is 0.492. The molecular weight excluding hydrogens is 525 g/mol. The largest absolute Gasteiger partial charge is 0.330 e. The molecule has 0 aliphatic heterocycles. The molecule has 2 heteroatoms. The molecule has 0 saturated carbocycles. The van der Waals surface area contributed by atoms with E-state index >= 15 is 0 Å². The fourth-order valence-electron chi connectivity index (χ4n) is 5.23. The van der Waals surface area contributed by atoms with Crippen LogP contribution in [0.2, 0.25) is 0 Å². The van der Waals surface area contributed by atoms with Gasteiger partial charge in [0.2, 0.25) is 0 Å². The van der Waals surface area contributed by atoms with Gasteiger partial charge in [-0.15, -0.1) is 24.0 Å². The zero-order valence-corrected chi connectivity index (χ0v) is 23.2. The highest BCUT2D eigenvalue weighted by Gasteiger charge is 2.35. The second kappa shape index (κ2) is 16.9. The zero-order chi connectivity index (χ0) is 23.0. The summed E-state index contributed by atoms with van der Waals surface area (Å²) in [6, 6.07) is 33.4. The lowest BCUT2D eigenvalue weighted by Gasteiger charge is -2.36. The molecule has 1 nitrogen and oxygen atoms in total. The SMILES string of the molecule is I.NCCCCCCCCCCCCCC(c1ccccc1)(c1ccccc1)c1ccccc1. The topological polar surface area (TPSA) is 26.0 Å². The molecule has 0 unspecified atom stereocenters. The van der Waals surface area contributed by atoms with Crippen molar-refractivity contribution in [3.8, 4) is 0 Å². The Morgan fingerprint density at radius 1 is 0.412 bits per heavy atom. The summed E-state index contributed by atoms with van der Waals surface area (Å²) in [7, 11) is 0. The van der Waals surface area contributed by atoms with Gasteiger partial charge in [-0.1, -0.05) is 155 Å². The van der Waals surface area contributed by atoms with E-state index in [-0.39, 0.29) is 29.4 Å². The summed E-state index contributed by atoms with van der Waals surface area (Å²) >= 11 is 0. The van der Waals surface area contributed by atoms with Crippen molar-refractivity contribution in [2.75, 3.05) is 6.54 Å². The van der Waals surface area contributed by atoms with E-state index < -0.39 is 0 Å². The molecule has 3 rings (SSSR count). The van der Waals surface area contributed by atoms with E-state index in [1.54, 1.807) is 0 Å². The summed E-state index contributed by atoms with van der Waals surface area (Å²) in [6.07, 6.45) is 15.8. The summed E-state index contributed by atoms with van der Waals surface area (Å²) in [6.45, 7) is 0.847. The van der Waals surface area contributed by atoms with Gasteiger partial charge in [-0.25, -0.2) is 0 Å². The molecule has 0 aliphatic carbocycles. The van der Waals surface area contributed by atoms with Gasteiger partial charge < -0.3 is 5.73 Å². The van der Waals surface area contributed by atoms with Crippen LogP contribution in [-0.2, 0) is 5.41 Å². The minimum absolute atomic E-state index is 0. The number of benzene rings is 3. The van der Waals surface area contributed by atoms with E-state index in [0.717, 1.165) is 13.0 Å². The van der Waals surface area contributed by atoms with E-state index in [1.165, 1.54) is 87.3 Å². The van der Waals surface area contributed by atoms with Crippen molar-refractivity contribution in [3.63, 3.8) is 0 Å². The van der Waals surface area contributed by atoms with Crippen LogP contribution in [0.1, 0.15) is 93.7 Å². The van der Waals surface area contributed by atoms with Crippen LogP contribution >= 0.6 is 24.0 Å². The van der Waals surface area contributed by atoms with Crippen LogP contribution in [-0.4, -0.2) is 6.54 Å². The van der Waals surface area contributed by atoms with Gasteiger partial charge >= 0.3 is 0 Å². The van der Waals surface area contributed by atoms with Crippen molar-refractivity contribution in [1.82, 2.24) is 0 Å². The molecule has 3 aromatic carbocycles. The second-order valence-corrected chi connectivity index (χ2v) is 9.43. The molecule has 0 fully saturated rings. The Kier molecular flexibility index (Phi) is 14.2. The molecule has 0 amide bonds. The van der Waals surface area contributed by atoms with Crippen LogP contribution in [0.3, 0.4) is 0 Å². The first kappa shape index (κ1) is 28.6. The Morgan fingerprint density at radius 2 is 0.706 bits per heavy atom. The van der Waals surface area contributed by atoms with Crippen molar-refractivity contribution in [1.29, 1.82) is 0 Å². The molecule has 0 aliphatic rings. The van der Waals surface area contributed by atoms with Crippen LogP contribution in [0, 0.1) is 0 Å². The van der Waals surface area contributed by atoms with E-state index in [2.05, 4.69) is 91.0 Å². The summed E-state index contributed by atoms with van der Waals surface area (Å²) in [4.78, 5) is 0. The molecule has 0 bridgehead atoms. The number of halogens is 1. The Balaban J connectivity index is 0.00000408. The highest BCUT2D eigenvalue weighted by Crippen LogP contribution is 2.43. The highest BCUT2D eigenvalue weighted by atomic mass is 127. The monoisotopic (exact) mass is 569 g/mol. The lowest BCUT2D eigenvalue weighted by Crippen LogP contribution is -2.29. The Hall–Kier alpha value is -1.65. The quantitative estimate of drug-likeness (QED) is 0.104. The maximum Gasteiger partial charge on any atom is 0.0451 e. The maximum atomic E-state index is 5.57. The molecule has 0 saturated heterocycles. The van der Waals surface area contributed by atoms with Gasteiger partial charge in [0, 0.05) is 5.41 Å². The maximum absolute atomic E-state index is 5.57. The van der Waals surface area contributed by atoms with Gasteiger partial charge in [-0.05, 0) is 36.1 Å². The van der Waals surface area contributed by atoms with E-state index in [1.807, 2.05) is 0 Å². The average Bonchev–Trinajstić information content (AvgIpc) is 2.89. The van der Waals surface area contributed by atoms with E-state index in [4.69, 9.17) is 5.73 Å². The number of nitrogens with two attached hydrogens (primary N) is 1. The third-order valence-electron chi connectivity index (χ3n) is 7.06. The normalized spacial score (nSPS) is 11.2. The van der Waals surface area contributed by atoms with Gasteiger partial charge in [0.1, 0.15) is 0 Å². The van der Waals surface area contributed by atoms with Crippen LogP contribution in [0.15, 0.2) is 91.0 Å². The van der Waals surface area contributed by atoms with Crippen LogP contribution < -0.4 is 5.73 Å². The van der Waals surface area contributed by atoms with Gasteiger partial charge in [0.05, 0.1) is 0 Å². The predicted molar refractivity (Wildman–Crippen MR) is 159 cm³/mol. The van der Waals surface area contributed by atoms with Crippen molar-refractivity contribution in [2.24, 2.45) is 5.73 Å². The minimum atomic E-state index is -0.0900. The third kappa shape index (κ3) is 8.53. The number of hydrogen-bond donors (Lipinski definition) is 1. The summed E-state index contributed by atoms with van der Waals surface area (Å²) in [5.74, 6) is 0. The molecule has 2 N–H and O–H groups in total. The van der Waals surface area contributed by atoms with E-state index in [0.29, 0.717) is 0 Å². The first-order valence-corrected chi connectivity index (χ1v) is 13.2.